The molecule has 0 radical (unpaired) electrons. The van der Waals surface area contributed by atoms with E-state index in [1.54, 1.807) is 21.5 Å². The maximum atomic E-state index is 9.54. The Morgan fingerprint density at radius 1 is 2.00 bits per heavy atom. The molecule has 0 bridgehead atoms. The summed E-state index contributed by atoms with van der Waals surface area (Å²) in [7, 11) is -1.79. The van der Waals surface area contributed by atoms with Gasteiger partial charge >= 0.3 is 49.2 Å². The van der Waals surface area contributed by atoms with Crippen molar-refractivity contribution >= 4 is 20.8 Å². The molecule has 0 fully saturated rings. The van der Waals surface area contributed by atoms with E-state index in [-0.39, 0.29) is 0 Å². The quantitative estimate of drug-likeness (QED) is 0.513. The minimum atomic E-state index is -1.79. The van der Waals surface area contributed by atoms with E-state index in [1.165, 1.54) is 0 Å². The summed E-state index contributed by atoms with van der Waals surface area (Å²) in [5.41, 5.74) is 0. The van der Waals surface area contributed by atoms with Gasteiger partial charge in [-0.15, -0.1) is 0 Å². The Labute approximate surface area is 49.2 Å². The molecule has 0 heterocycles. The molecule has 0 aromatic rings. The zero-order valence-corrected chi connectivity index (χ0v) is 5.85. The van der Waals surface area contributed by atoms with Crippen LogP contribution in [0.2, 0.25) is 0 Å². The normalized spacial score (nSPS) is 14.8. The summed E-state index contributed by atoms with van der Waals surface area (Å²) in [6, 6.07) is 0. The van der Waals surface area contributed by atoms with E-state index in [4.69, 9.17) is 0 Å². The van der Waals surface area contributed by atoms with E-state index in [0.29, 0.717) is 0 Å². The van der Waals surface area contributed by atoms with Gasteiger partial charge in [-0.3, -0.25) is 0 Å². The van der Waals surface area contributed by atoms with Crippen molar-refractivity contribution in [3.8, 4) is 0 Å². The summed E-state index contributed by atoms with van der Waals surface area (Å²) >= 11 is 5.69. The number of hydrogen-bond acceptors (Lipinski definition) is 3. The second kappa shape index (κ2) is 3.27. The van der Waals surface area contributed by atoms with Crippen molar-refractivity contribution < 1.29 is 28.4 Å². The number of rotatable bonds is 1. The first-order valence-corrected chi connectivity index (χ1v) is 3.75. The maximum absolute atomic E-state index is 9.54. The first-order chi connectivity index (χ1) is 2.27. The molecule has 1 atom stereocenters. The summed E-state index contributed by atoms with van der Waals surface area (Å²) in [4.78, 5) is 0. The van der Waals surface area contributed by atoms with Crippen LogP contribution < -0.4 is 0 Å². The molecule has 5 heavy (non-hydrogen) atoms. The predicted octanol–water partition coefficient (Wildman–Crippen LogP) is -0.677. The molecule has 0 aliphatic heterocycles. The molecule has 2 nitrogen and oxygen atoms in total. The molecule has 0 N–H and O–H groups in total. The van der Waals surface area contributed by atoms with Gasteiger partial charge in [0, 0.05) is 0 Å². The van der Waals surface area contributed by atoms with Gasteiger partial charge in [-0.1, -0.05) is 0 Å². The van der Waals surface area contributed by atoms with Gasteiger partial charge in [0.05, 0.1) is 0 Å². The molecule has 0 spiro atoms. The molecule has 5 heteroatoms. The molecule has 0 amide bonds. The van der Waals surface area contributed by atoms with Gasteiger partial charge < -0.3 is 0 Å². The van der Waals surface area contributed by atoms with Crippen LogP contribution in [-0.2, 0) is 45.0 Å². The summed E-state index contributed by atoms with van der Waals surface area (Å²) in [5.74, 6) is 0. The molecule has 0 aromatic heterocycles. The third-order valence-corrected chi connectivity index (χ3v) is 2.21. The summed E-state index contributed by atoms with van der Waals surface area (Å²) in [6.07, 6.45) is 0. The van der Waals surface area contributed by atoms with Crippen molar-refractivity contribution in [2.24, 2.45) is 0 Å². The standard InChI is InChI=1S/Au.H2O2S2/c;1-4(2)3/h;4H,(H,1,2,3)/q+1;/p-1. The van der Waals surface area contributed by atoms with Gasteiger partial charge in [0.2, 0.25) is 0 Å². The second-order valence-electron chi connectivity index (χ2n) is 0.279. The van der Waals surface area contributed by atoms with Crippen LogP contribution in [0, 0.1) is 0 Å². The average Bonchev–Trinajstić information content (AvgIpc) is 1.38. The molecule has 0 saturated heterocycles. The Hall–Kier alpha value is 1.07. The van der Waals surface area contributed by atoms with Crippen LogP contribution in [-0.4, -0.2) is 4.21 Å². The van der Waals surface area contributed by atoms with Gasteiger partial charge in [-0.05, 0) is 0 Å². The van der Waals surface area contributed by atoms with Gasteiger partial charge in [-0.25, -0.2) is 0 Å². The van der Waals surface area contributed by atoms with E-state index >= 15 is 0 Å². The number of thiol groups is 1. The fourth-order valence-electron chi connectivity index (χ4n) is 0. The van der Waals surface area contributed by atoms with Crippen LogP contribution in [0.1, 0.15) is 0 Å². The van der Waals surface area contributed by atoms with Crippen LogP contribution >= 0.6 is 0 Å². The third kappa shape index (κ3) is 5.07. The molecule has 0 aliphatic rings. The molecule has 1 unspecified atom stereocenters. The fourth-order valence-corrected chi connectivity index (χ4v) is 0. The Morgan fingerprint density at radius 2 is 2.20 bits per heavy atom. The monoisotopic (exact) mass is 294 g/mol. The van der Waals surface area contributed by atoms with Crippen LogP contribution in [0.15, 0.2) is 0 Å². The van der Waals surface area contributed by atoms with E-state index in [0.717, 1.165) is 0 Å². The second-order valence-corrected chi connectivity index (χ2v) is 2.92. The average molecular weight is 294 g/mol. The first-order valence-electron chi connectivity index (χ1n) is 0.671. The molecule has 36 valence electrons. The number of hydrogen-bond donors (Lipinski definition) is 1. The zero-order chi connectivity index (χ0) is 4.28. The molecule has 0 aliphatic carbocycles. The molecular weight excluding hydrogens is 293 g/mol. The summed E-state index contributed by atoms with van der Waals surface area (Å²) in [5, 5.41) is 0. The van der Waals surface area contributed by atoms with Crippen LogP contribution in [0.25, 0.3) is 0 Å². The van der Waals surface area contributed by atoms with Crippen molar-refractivity contribution in [1.82, 2.24) is 0 Å². The van der Waals surface area contributed by atoms with E-state index in [1.807, 2.05) is 0 Å². The van der Waals surface area contributed by atoms with Crippen molar-refractivity contribution in [2.75, 3.05) is 0 Å². The van der Waals surface area contributed by atoms with Crippen LogP contribution in [0.5, 0.6) is 0 Å². The van der Waals surface area contributed by atoms with Crippen molar-refractivity contribution in [1.29, 1.82) is 0 Å². The zero-order valence-electron chi connectivity index (χ0n) is 1.97. The van der Waals surface area contributed by atoms with Crippen LogP contribution in [0.4, 0.5) is 0 Å². The third-order valence-electron chi connectivity index (χ3n) is 0.0449. The summed E-state index contributed by atoms with van der Waals surface area (Å²) < 4.78 is 13.6. The van der Waals surface area contributed by atoms with Crippen molar-refractivity contribution in [2.45, 2.75) is 0 Å². The van der Waals surface area contributed by atoms with E-state index in [2.05, 4.69) is 13.9 Å². The molecule has 0 saturated carbocycles. The van der Waals surface area contributed by atoms with Gasteiger partial charge in [0.1, 0.15) is 0 Å². The topological polar surface area (TPSA) is 26.3 Å². The summed E-state index contributed by atoms with van der Waals surface area (Å²) in [6.45, 7) is 0. The van der Waals surface area contributed by atoms with Gasteiger partial charge in [0.15, 0.2) is 0 Å². The first kappa shape index (κ1) is 6.07. The van der Waals surface area contributed by atoms with E-state index < -0.39 is 9.64 Å². The molecular formula is HAuO2S2. The van der Waals surface area contributed by atoms with Crippen LogP contribution in [0.3, 0.4) is 0 Å². The van der Waals surface area contributed by atoms with Crippen molar-refractivity contribution in [3.63, 3.8) is 0 Å². The Balaban J connectivity index is 3.23. The Bertz CT molecular complexity index is 65.7. The van der Waals surface area contributed by atoms with Gasteiger partial charge in [0.25, 0.3) is 0 Å². The molecule has 0 aromatic carbocycles. The fraction of sp³-hybridized carbons (Fsp3) is 0. The SMILES string of the molecule is O=[SH](=S)[O][Au]. The Kier molecular flexibility index (Phi) is 3.97. The minimum absolute atomic E-state index is 1.64. The molecule has 0 rings (SSSR count). The van der Waals surface area contributed by atoms with Gasteiger partial charge in [-0.2, -0.15) is 0 Å². The van der Waals surface area contributed by atoms with Crippen molar-refractivity contribution in [3.05, 3.63) is 0 Å². The predicted molar refractivity (Wildman–Crippen MR) is 18.0 cm³/mol. The van der Waals surface area contributed by atoms with E-state index in [9.17, 15) is 4.21 Å². The Morgan fingerprint density at radius 3 is 2.20 bits per heavy atom.